The molecule has 2 heterocycles. The lowest BCUT2D eigenvalue weighted by molar-refractivity contribution is 0.102. The molecule has 0 unspecified atom stereocenters. The van der Waals surface area contributed by atoms with Crippen LogP contribution in [0, 0.1) is 0 Å². The summed E-state index contributed by atoms with van der Waals surface area (Å²) in [5.74, 6) is -0.202. The van der Waals surface area contributed by atoms with Crippen LogP contribution in [0.5, 0.6) is 0 Å². The zero-order valence-electron chi connectivity index (χ0n) is 7.16. The molecule has 1 N–H and O–H groups in total. The zero-order chi connectivity index (χ0) is 10.8. The summed E-state index contributed by atoms with van der Waals surface area (Å²) in [6.07, 6.45) is 2.81. The Bertz CT molecular complexity index is 481. The Kier molecular flexibility index (Phi) is 3.22. The number of thiophene rings is 1. The molecule has 0 fully saturated rings. The third-order valence-corrected chi connectivity index (χ3v) is 3.93. The van der Waals surface area contributed by atoms with Crippen LogP contribution < -0.4 is 5.32 Å². The maximum absolute atomic E-state index is 11.7. The highest BCUT2D eigenvalue weighted by atomic mass is 79.9. The van der Waals surface area contributed by atoms with Crippen LogP contribution in [0.1, 0.15) is 10.4 Å². The fourth-order valence-electron chi connectivity index (χ4n) is 0.960. The summed E-state index contributed by atoms with van der Waals surface area (Å²) in [7, 11) is 0. The molecule has 0 aliphatic heterocycles. The van der Waals surface area contributed by atoms with Gasteiger partial charge in [-0.3, -0.25) is 4.79 Å². The molecule has 0 aliphatic carbocycles. The van der Waals surface area contributed by atoms with E-state index in [1.165, 1.54) is 23.8 Å². The molecule has 0 bridgehead atoms. The van der Waals surface area contributed by atoms with E-state index in [9.17, 15) is 4.79 Å². The lowest BCUT2D eigenvalue weighted by Crippen LogP contribution is -2.10. The van der Waals surface area contributed by atoms with Crippen LogP contribution in [-0.2, 0) is 0 Å². The fraction of sp³-hybridized carbons (Fsp3) is 0. The van der Waals surface area contributed by atoms with Gasteiger partial charge in [0.15, 0.2) is 0 Å². The molecule has 4 nitrogen and oxygen atoms in total. The molecule has 0 saturated carbocycles. The molecule has 78 valence electrons. The van der Waals surface area contributed by atoms with E-state index < -0.39 is 0 Å². The van der Waals surface area contributed by atoms with Crippen LogP contribution >= 0.6 is 43.2 Å². The number of halogens is 2. The summed E-state index contributed by atoms with van der Waals surface area (Å²) in [6, 6.07) is 1.75. The Morgan fingerprint density at radius 3 is 2.87 bits per heavy atom. The highest BCUT2D eigenvalue weighted by Gasteiger charge is 2.14. The van der Waals surface area contributed by atoms with Gasteiger partial charge in [0.25, 0.3) is 5.91 Å². The van der Waals surface area contributed by atoms with Gasteiger partial charge in [-0.05, 0) is 37.9 Å². The first-order chi connectivity index (χ1) is 7.16. The number of carbonyl (C=O) groups is 1. The number of anilines is 1. The standard InChI is InChI=1S/C8H4Br2N2O2S/c9-6-1-5(7(10)15-6)8(13)12-4-2-11-14-3-4/h1-3H,(H,12,13). The van der Waals surface area contributed by atoms with Crippen molar-refractivity contribution in [2.45, 2.75) is 0 Å². The number of hydrogen-bond donors (Lipinski definition) is 1. The predicted molar refractivity (Wildman–Crippen MR) is 64.2 cm³/mol. The second kappa shape index (κ2) is 4.46. The molecule has 0 radical (unpaired) electrons. The Hall–Kier alpha value is -0.660. The Labute approximate surface area is 106 Å². The minimum atomic E-state index is -0.202. The van der Waals surface area contributed by atoms with Gasteiger partial charge in [-0.2, -0.15) is 0 Å². The summed E-state index contributed by atoms with van der Waals surface area (Å²) >= 11 is 8.06. The van der Waals surface area contributed by atoms with Crippen LogP contribution in [0.3, 0.4) is 0 Å². The first-order valence-corrected chi connectivity index (χ1v) is 6.22. The summed E-state index contributed by atoms with van der Waals surface area (Å²) < 4.78 is 6.28. The lowest BCUT2D eigenvalue weighted by atomic mass is 10.3. The second-order valence-corrected chi connectivity index (χ2v) is 6.35. The molecule has 15 heavy (non-hydrogen) atoms. The van der Waals surface area contributed by atoms with Gasteiger partial charge in [-0.25, -0.2) is 0 Å². The number of aromatic nitrogens is 1. The van der Waals surface area contributed by atoms with Crippen molar-refractivity contribution in [3.05, 3.63) is 31.7 Å². The normalized spacial score (nSPS) is 10.3. The zero-order valence-corrected chi connectivity index (χ0v) is 11.1. The van der Waals surface area contributed by atoms with E-state index in [0.717, 1.165) is 7.57 Å². The second-order valence-electron chi connectivity index (χ2n) is 2.61. The molecule has 0 aromatic carbocycles. The van der Waals surface area contributed by atoms with Crippen molar-refractivity contribution >= 4 is 54.8 Å². The number of nitrogens with zero attached hydrogens (tertiary/aromatic N) is 1. The molecule has 0 spiro atoms. The highest BCUT2D eigenvalue weighted by molar-refractivity contribution is 9.12. The summed E-state index contributed by atoms with van der Waals surface area (Å²) in [6.45, 7) is 0. The monoisotopic (exact) mass is 350 g/mol. The van der Waals surface area contributed by atoms with E-state index >= 15 is 0 Å². The average Bonchev–Trinajstić information content (AvgIpc) is 2.75. The first kappa shape index (κ1) is 10.8. The van der Waals surface area contributed by atoms with E-state index in [1.54, 1.807) is 6.07 Å². The van der Waals surface area contributed by atoms with Gasteiger partial charge in [-0.1, -0.05) is 5.16 Å². The highest BCUT2D eigenvalue weighted by Crippen LogP contribution is 2.32. The van der Waals surface area contributed by atoms with Crippen molar-refractivity contribution in [1.29, 1.82) is 0 Å². The van der Waals surface area contributed by atoms with Gasteiger partial charge in [-0.15, -0.1) is 11.3 Å². The third-order valence-electron chi connectivity index (χ3n) is 1.59. The Morgan fingerprint density at radius 1 is 1.53 bits per heavy atom. The largest absolute Gasteiger partial charge is 0.363 e. The van der Waals surface area contributed by atoms with Crippen LogP contribution in [0.25, 0.3) is 0 Å². The first-order valence-electron chi connectivity index (χ1n) is 3.82. The molecular formula is C8H4Br2N2O2S. The number of nitrogens with one attached hydrogen (secondary N) is 1. The lowest BCUT2D eigenvalue weighted by Gasteiger charge is -1.98. The minimum Gasteiger partial charge on any atom is -0.363 e. The van der Waals surface area contributed by atoms with Crippen molar-refractivity contribution in [1.82, 2.24) is 5.16 Å². The SMILES string of the molecule is O=C(Nc1cnoc1)c1cc(Br)sc1Br. The van der Waals surface area contributed by atoms with Crippen molar-refractivity contribution < 1.29 is 9.32 Å². The number of amides is 1. The molecule has 2 aromatic rings. The maximum atomic E-state index is 11.7. The number of rotatable bonds is 2. The Morgan fingerprint density at radius 2 is 2.33 bits per heavy atom. The number of carbonyl (C=O) groups excluding carboxylic acids is 1. The minimum absolute atomic E-state index is 0.202. The van der Waals surface area contributed by atoms with E-state index in [2.05, 4.69) is 46.9 Å². The van der Waals surface area contributed by atoms with Gasteiger partial charge < -0.3 is 9.84 Å². The molecule has 1 amide bonds. The molecule has 2 aromatic heterocycles. The summed E-state index contributed by atoms with van der Waals surface area (Å²) in [4.78, 5) is 11.7. The van der Waals surface area contributed by atoms with Gasteiger partial charge in [0.2, 0.25) is 0 Å². The predicted octanol–water partition coefficient (Wildman–Crippen LogP) is 3.51. The smallest absolute Gasteiger partial charge is 0.257 e. The molecule has 0 aliphatic rings. The maximum Gasteiger partial charge on any atom is 0.257 e. The van der Waals surface area contributed by atoms with Crippen molar-refractivity contribution in [3.8, 4) is 0 Å². The van der Waals surface area contributed by atoms with Gasteiger partial charge in [0, 0.05) is 0 Å². The number of hydrogen-bond acceptors (Lipinski definition) is 4. The van der Waals surface area contributed by atoms with Gasteiger partial charge in [0.05, 0.1) is 19.3 Å². The van der Waals surface area contributed by atoms with Crippen molar-refractivity contribution in [2.75, 3.05) is 5.32 Å². The molecule has 0 saturated heterocycles. The van der Waals surface area contributed by atoms with Crippen molar-refractivity contribution in [3.63, 3.8) is 0 Å². The van der Waals surface area contributed by atoms with Crippen molar-refractivity contribution in [2.24, 2.45) is 0 Å². The van der Waals surface area contributed by atoms with E-state index in [0.29, 0.717) is 11.3 Å². The van der Waals surface area contributed by atoms with Gasteiger partial charge in [0.1, 0.15) is 12.0 Å². The average molecular weight is 352 g/mol. The quantitative estimate of drug-likeness (QED) is 0.900. The molecular weight excluding hydrogens is 348 g/mol. The van der Waals surface area contributed by atoms with Gasteiger partial charge >= 0.3 is 0 Å². The van der Waals surface area contributed by atoms with Crippen LogP contribution in [0.15, 0.2) is 30.6 Å². The van der Waals surface area contributed by atoms with Crippen LogP contribution in [0.4, 0.5) is 5.69 Å². The summed E-state index contributed by atoms with van der Waals surface area (Å²) in [5.41, 5.74) is 1.11. The van der Waals surface area contributed by atoms with E-state index in [-0.39, 0.29) is 5.91 Å². The van der Waals surface area contributed by atoms with E-state index in [4.69, 9.17) is 0 Å². The molecule has 0 atom stereocenters. The summed E-state index contributed by atoms with van der Waals surface area (Å²) in [5, 5.41) is 6.14. The van der Waals surface area contributed by atoms with E-state index in [1.807, 2.05) is 0 Å². The molecule has 7 heteroatoms. The molecule has 2 rings (SSSR count). The Balaban J connectivity index is 2.18. The fourth-order valence-corrected chi connectivity index (χ4v) is 3.75. The topological polar surface area (TPSA) is 55.1 Å². The van der Waals surface area contributed by atoms with Crippen LogP contribution in [-0.4, -0.2) is 11.1 Å². The van der Waals surface area contributed by atoms with Crippen LogP contribution in [0.2, 0.25) is 0 Å². The third kappa shape index (κ3) is 2.47.